The summed E-state index contributed by atoms with van der Waals surface area (Å²) in [5, 5.41) is 0. The van der Waals surface area contributed by atoms with E-state index in [9.17, 15) is 9.59 Å². The minimum absolute atomic E-state index is 0.164. The molecule has 0 unspecified atom stereocenters. The van der Waals surface area contributed by atoms with Crippen LogP contribution in [0.1, 0.15) is 10.4 Å². The molecule has 6 nitrogen and oxygen atoms in total. The summed E-state index contributed by atoms with van der Waals surface area (Å²) in [6, 6.07) is 11.1. The fourth-order valence-electron chi connectivity index (χ4n) is 2.49. The number of cyclic esters (lactones) is 1. The lowest BCUT2D eigenvalue weighted by Gasteiger charge is -2.25. The smallest absolute Gasteiger partial charge is 0.410 e. The lowest BCUT2D eigenvalue weighted by molar-refractivity contribution is 0.0983. The van der Waals surface area contributed by atoms with Gasteiger partial charge in [-0.3, -0.25) is 9.78 Å². The average molecular weight is 390 g/mol. The van der Waals surface area contributed by atoms with Crippen molar-refractivity contribution in [2.45, 2.75) is 0 Å². The molecule has 0 atom stereocenters. The maximum atomic E-state index is 12.9. The van der Waals surface area contributed by atoms with Gasteiger partial charge in [-0.1, -0.05) is 18.2 Å². The maximum absolute atomic E-state index is 12.9. The molecule has 0 N–H and O–H groups in total. The maximum Gasteiger partial charge on any atom is 0.410 e. The molecule has 2 heterocycles. The van der Waals surface area contributed by atoms with Crippen LogP contribution in [0.3, 0.4) is 0 Å². The topological polar surface area (TPSA) is 62.7 Å². The van der Waals surface area contributed by atoms with Gasteiger partial charge in [0.1, 0.15) is 6.61 Å². The third-order valence-electron chi connectivity index (χ3n) is 3.70. The SMILES string of the molecule is O=C1OCCN1CCN(C(=O)c1cncc(Br)c1)c1ccccc1. The third kappa shape index (κ3) is 3.73. The summed E-state index contributed by atoms with van der Waals surface area (Å²) in [6.07, 6.45) is 2.83. The Hall–Kier alpha value is -2.41. The van der Waals surface area contributed by atoms with Gasteiger partial charge in [0.05, 0.1) is 12.1 Å². The summed E-state index contributed by atoms with van der Waals surface area (Å²) in [7, 11) is 0. The van der Waals surface area contributed by atoms with Gasteiger partial charge < -0.3 is 14.5 Å². The molecule has 1 aliphatic heterocycles. The molecular formula is C17H16BrN3O3. The third-order valence-corrected chi connectivity index (χ3v) is 4.14. The van der Waals surface area contributed by atoms with Gasteiger partial charge in [0.2, 0.25) is 0 Å². The highest BCUT2D eigenvalue weighted by molar-refractivity contribution is 9.10. The Kier molecular flexibility index (Phi) is 5.10. The van der Waals surface area contributed by atoms with Crippen LogP contribution in [0.2, 0.25) is 0 Å². The minimum Gasteiger partial charge on any atom is -0.448 e. The summed E-state index contributed by atoms with van der Waals surface area (Å²) in [5.74, 6) is -0.164. The standard InChI is InChI=1S/C17H16BrN3O3/c18-14-10-13(11-19-12-14)16(22)21(15-4-2-1-3-5-15)7-6-20-8-9-24-17(20)23/h1-5,10-12H,6-9H2. The summed E-state index contributed by atoms with van der Waals surface area (Å²) < 4.78 is 5.67. The Bertz CT molecular complexity index is 739. The zero-order chi connectivity index (χ0) is 16.9. The summed E-state index contributed by atoms with van der Waals surface area (Å²) in [5.41, 5.74) is 1.26. The number of rotatable bonds is 5. The Balaban J connectivity index is 1.82. The number of carbonyl (C=O) groups is 2. The zero-order valence-electron chi connectivity index (χ0n) is 12.9. The van der Waals surface area contributed by atoms with E-state index >= 15 is 0 Å². The van der Waals surface area contributed by atoms with Crippen molar-refractivity contribution < 1.29 is 14.3 Å². The highest BCUT2D eigenvalue weighted by Gasteiger charge is 2.24. The van der Waals surface area contributed by atoms with Crippen LogP contribution >= 0.6 is 15.9 Å². The molecule has 124 valence electrons. The summed E-state index contributed by atoms with van der Waals surface area (Å²) in [6.45, 7) is 1.74. The first kappa shape index (κ1) is 16.4. The number of aromatic nitrogens is 1. The van der Waals surface area contributed by atoms with E-state index in [1.807, 2.05) is 30.3 Å². The van der Waals surface area contributed by atoms with Gasteiger partial charge in [0, 0.05) is 35.6 Å². The van der Waals surface area contributed by atoms with Gasteiger partial charge in [0.15, 0.2) is 0 Å². The number of halogens is 1. The first-order chi connectivity index (χ1) is 11.6. The van der Waals surface area contributed by atoms with E-state index in [1.165, 1.54) is 6.20 Å². The number of ether oxygens (including phenoxy) is 1. The minimum atomic E-state index is -0.334. The molecule has 0 saturated carbocycles. The number of para-hydroxylation sites is 1. The molecule has 1 saturated heterocycles. The van der Waals surface area contributed by atoms with E-state index in [1.54, 1.807) is 22.1 Å². The first-order valence-electron chi connectivity index (χ1n) is 7.54. The molecule has 2 aromatic rings. The number of benzene rings is 1. The number of hydrogen-bond acceptors (Lipinski definition) is 4. The number of nitrogens with zero attached hydrogens (tertiary/aromatic N) is 3. The van der Waals surface area contributed by atoms with Gasteiger partial charge in [-0.2, -0.15) is 0 Å². The van der Waals surface area contributed by atoms with Crippen LogP contribution in [-0.4, -0.2) is 48.1 Å². The van der Waals surface area contributed by atoms with E-state index < -0.39 is 0 Å². The number of pyridine rings is 1. The van der Waals surface area contributed by atoms with Gasteiger partial charge in [-0.25, -0.2) is 4.79 Å². The number of anilines is 1. The van der Waals surface area contributed by atoms with Crippen molar-refractivity contribution in [3.63, 3.8) is 0 Å². The lowest BCUT2D eigenvalue weighted by atomic mass is 10.2. The van der Waals surface area contributed by atoms with Crippen molar-refractivity contribution in [2.75, 3.05) is 31.1 Å². The van der Waals surface area contributed by atoms with Crippen LogP contribution in [0.5, 0.6) is 0 Å². The van der Waals surface area contributed by atoms with Crippen molar-refractivity contribution in [1.29, 1.82) is 0 Å². The average Bonchev–Trinajstić information content (AvgIpc) is 3.01. The van der Waals surface area contributed by atoms with E-state index in [2.05, 4.69) is 20.9 Å². The fourth-order valence-corrected chi connectivity index (χ4v) is 2.85. The zero-order valence-corrected chi connectivity index (χ0v) is 14.5. The van der Waals surface area contributed by atoms with E-state index in [0.29, 0.717) is 31.8 Å². The van der Waals surface area contributed by atoms with Gasteiger partial charge in [-0.05, 0) is 34.1 Å². The van der Waals surface area contributed by atoms with Crippen molar-refractivity contribution in [3.05, 3.63) is 58.8 Å². The number of hydrogen-bond donors (Lipinski definition) is 0. The highest BCUT2D eigenvalue weighted by Crippen LogP contribution is 2.19. The predicted octanol–water partition coefficient (Wildman–Crippen LogP) is 2.94. The van der Waals surface area contributed by atoms with Crippen LogP contribution in [-0.2, 0) is 4.74 Å². The molecule has 1 aromatic heterocycles. The molecule has 24 heavy (non-hydrogen) atoms. The van der Waals surface area contributed by atoms with E-state index in [0.717, 1.165) is 10.2 Å². The number of carbonyl (C=O) groups excluding carboxylic acids is 2. The van der Waals surface area contributed by atoms with Crippen molar-refractivity contribution in [2.24, 2.45) is 0 Å². The van der Waals surface area contributed by atoms with Gasteiger partial charge in [0.25, 0.3) is 5.91 Å². The molecule has 3 rings (SSSR count). The Morgan fingerprint density at radius 3 is 2.75 bits per heavy atom. The monoisotopic (exact) mass is 389 g/mol. The molecule has 1 fully saturated rings. The van der Waals surface area contributed by atoms with Gasteiger partial charge in [-0.15, -0.1) is 0 Å². The van der Waals surface area contributed by atoms with E-state index in [4.69, 9.17) is 4.74 Å². The molecular weight excluding hydrogens is 374 g/mol. The normalized spacial score (nSPS) is 13.7. The number of amides is 2. The lowest BCUT2D eigenvalue weighted by Crippen LogP contribution is -2.39. The van der Waals surface area contributed by atoms with Crippen LogP contribution in [0.4, 0.5) is 10.5 Å². The van der Waals surface area contributed by atoms with Crippen molar-refractivity contribution >= 4 is 33.6 Å². The van der Waals surface area contributed by atoms with Crippen LogP contribution in [0.15, 0.2) is 53.3 Å². The summed E-state index contributed by atoms with van der Waals surface area (Å²) >= 11 is 3.33. The molecule has 0 spiro atoms. The molecule has 2 amide bonds. The van der Waals surface area contributed by atoms with Crippen LogP contribution in [0, 0.1) is 0 Å². The second-order valence-electron chi connectivity index (χ2n) is 5.29. The molecule has 1 aromatic carbocycles. The Morgan fingerprint density at radius 1 is 1.29 bits per heavy atom. The molecule has 0 bridgehead atoms. The Labute approximate surface area is 148 Å². The van der Waals surface area contributed by atoms with Crippen molar-refractivity contribution in [1.82, 2.24) is 9.88 Å². The second-order valence-corrected chi connectivity index (χ2v) is 6.20. The quantitative estimate of drug-likeness (QED) is 0.788. The first-order valence-corrected chi connectivity index (χ1v) is 8.33. The largest absolute Gasteiger partial charge is 0.448 e. The van der Waals surface area contributed by atoms with Crippen LogP contribution in [0.25, 0.3) is 0 Å². The molecule has 0 radical (unpaired) electrons. The molecule has 1 aliphatic rings. The summed E-state index contributed by atoms with van der Waals surface area (Å²) in [4.78, 5) is 31.8. The molecule has 0 aliphatic carbocycles. The highest BCUT2D eigenvalue weighted by atomic mass is 79.9. The van der Waals surface area contributed by atoms with E-state index in [-0.39, 0.29) is 12.0 Å². The Morgan fingerprint density at radius 2 is 2.08 bits per heavy atom. The van der Waals surface area contributed by atoms with Gasteiger partial charge >= 0.3 is 6.09 Å². The van der Waals surface area contributed by atoms with Crippen LogP contribution < -0.4 is 4.90 Å². The predicted molar refractivity (Wildman–Crippen MR) is 93.0 cm³/mol. The second kappa shape index (κ2) is 7.44. The van der Waals surface area contributed by atoms with Crippen molar-refractivity contribution in [3.8, 4) is 0 Å². The molecule has 7 heteroatoms. The fraction of sp³-hybridized carbons (Fsp3) is 0.235.